The lowest BCUT2D eigenvalue weighted by atomic mass is 10.1. The number of amides is 4. The van der Waals surface area contributed by atoms with Crippen LogP contribution in [0, 0.1) is 11.8 Å². The van der Waals surface area contributed by atoms with Gasteiger partial charge in [0.1, 0.15) is 5.75 Å². The molecule has 7 heteroatoms. The van der Waals surface area contributed by atoms with E-state index in [4.69, 9.17) is 4.74 Å². The molecule has 1 saturated heterocycles. The molecule has 0 radical (unpaired) electrons. The van der Waals surface area contributed by atoms with Crippen LogP contribution in [0.1, 0.15) is 20.3 Å². The Balaban J connectivity index is 2.20. The fraction of sp³-hybridized carbons (Fsp3) is 0.412. The zero-order valence-corrected chi connectivity index (χ0v) is 14.0. The molecule has 1 aromatic rings. The first-order valence-corrected chi connectivity index (χ1v) is 7.80. The normalized spacial score (nSPS) is 19.5. The summed E-state index contributed by atoms with van der Waals surface area (Å²) in [7, 11) is 1.52. The lowest BCUT2D eigenvalue weighted by Gasteiger charge is -2.28. The van der Waals surface area contributed by atoms with Crippen molar-refractivity contribution in [3.63, 3.8) is 0 Å². The van der Waals surface area contributed by atoms with Gasteiger partial charge in [-0.05, 0) is 30.2 Å². The summed E-state index contributed by atoms with van der Waals surface area (Å²) < 4.78 is 5.06. The fourth-order valence-corrected chi connectivity index (χ4v) is 2.17. The van der Waals surface area contributed by atoms with Gasteiger partial charge >= 0.3 is 6.03 Å². The molecule has 0 aliphatic carbocycles. The lowest BCUT2D eigenvalue weighted by molar-refractivity contribution is -0.131. The third-order valence-corrected chi connectivity index (χ3v) is 3.90. The molecular weight excluding hydrogens is 310 g/mol. The Kier molecular flexibility index (Phi) is 5.68. The van der Waals surface area contributed by atoms with Crippen molar-refractivity contribution in [1.29, 1.82) is 0 Å². The van der Waals surface area contributed by atoms with E-state index >= 15 is 0 Å². The molecule has 1 aliphatic rings. The molecule has 1 aromatic carbocycles. The van der Waals surface area contributed by atoms with Crippen LogP contribution in [0.25, 0.3) is 0 Å². The van der Waals surface area contributed by atoms with Gasteiger partial charge in [-0.1, -0.05) is 20.3 Å². The number of hydrogen-bond donors (Lipinski definition) is 1. The zero-order valence-electron chi connectivity index (χ0n) is 14.0. The van der Waals surface area contributed by atoms with Crippen molar-refractivity contribution in [1.82, 2.24) is 5.32 Å². The van der Waals surface area contributed by atoms with Crippen LogP contribution in [-0.2, 0) is 9.59 Å². The smallest absolute Gasteiger partial charge is 0.335 e. The van der Waals surface area contributed by atoms with Gasteiger partial charge < -0.3 is 4.74 Å². The maximum Gasteiger partial charge on any atom is 0.335 e. The molecule has 4 amide bonds. The molecule has 24 heavy (non-hydrogen) atoms. The summed E-state index contributed by atoms with van der Waals surface area (Å²) in [6.07, 6.45) is 2.28. The van der Waals surface area contributed by atoms with Crippen molar-refractivity contribution < 1.29 is 19.1 Å². The van der Waals surface area contributed by atoms with Crippen molar-refractivity contribution in [2.45, 2.75) is 20.3 Å². The maximum atomic E-state index is 12.6. The second-order valence-electron chi connectivity index (χ2n) is 5.67. The molecule has 1 N–H and O–H groups in total. The monoisotopic (exact) mass is 331 g/mol. The number of methoxy groups -OCH3 is 1. The van der Waals surface area contributed by atoms with E-state index in [2.05, 4.69) is 10.3 Å². The van der Waals surface area contributed by atoms with Crippen molar-refractivity contribution in [3.8, 4) is 5.75 Å². The molecule has 1 heterocycles. The van der Waals surface area contributed by atoms with E-state index < -0.39 is 23.8 Å². The SMILES string of the molecule is CC[C@H](C)CN=CC1C(=O)NC(=O)N(c2ccc(OC)cc2)C1=O. The number of carbonyl (C=O) groups excluding carboxylic acids is 3. The minimum atomic E-state index is -1.10. The average Bonchev–Trinajstić information content (AvgIpc) is 2.57. The number of nitrogens with zero attached hydrogens (tertiary/aromatic N) is 2. The van der Waals surface area contributed by atoms with Crippen LogP contribution in [0.2, 0.25) is 0 Å². The highest BCUT2D eigenvalue weighted by molar-refractivity contribution is 6.32. The predicted octanol–water partition coefficient (Wildman–Crippen LogP) is 2.01. The summed E-state index contributed by atoms with van der Waals surface area (Å²) in [6, 6.07) is 5.68. The number of imide groups is 2. The highest BCUT2D eigenvalue weighted by Gasteiger charge is 2.40. The molecule has 0 bridgehead atoms. The molecule has 7 nitrogen and oxygen atoms in total. The number of hydrogen-bond acceptors (Lipinski definition) is 5. The van der Waals surface area contributed by atoms with Gasteiger partial charge in [0.2, 0.25) is 5.91 Å². The first kappa shape index (κ1) is 17.7. The number of urea groups is 1. The van der Waals surface area contributed by atoms with Crippen LogP contribution in [-0.4, -0.2) is 37.7 Å². The van der Waals surface area contributed by atoms with Crippen LogP contribution in [0.3, 0.4) is 0 Å². The number of anilines is 1. The number of rotatable bonds is 6. The summed E-state index contributed by atoms with van der Waals surface area (Å²) in [6.45, 7) is 4.61. The Bertz CT molecular complexity index is 654. The van der Waals surface area contributed by atoms with Gasteiger partial charge in [-0.2, -0.15) is 0 Å². The topological polar surface area (TPSA) is 88.1 Å². The van der Waals surface area contributed by atoms with E-state index in [1.165, 1.54) is 13.3 Å². The summed E-state index contributed by atoms with van der Waals surface area (Å²) in [5, 5.41) is 2.19. The van der Waals surface area contributed by atoms with Gasteiger partial charge in [0.25, 0.3) is 5.91 Å². The van der Waals surface area contributed by atoms with Crippen molar-refractivity contribution in [2.24, 2.45) is 16.8 Å². The Morgan fingerprint density at radius 1 is 1.29 bits per heavy atom. The number of nitrogens with one attached hydrogen (secondary N) is 1. The molecule has 1 fully saturated rings. The van der Waals surface area contributed by atoms with Gasteiger partial charge in [0.15, 0.2) is 5.92 Å². The third-order valence-electron chi connectivity index (χ3n) is 3.90. The third kappa shape index (κ3) is 3.79. The summed E-state index contributed by atoms with van der Waals surface area (Å²) in [5.74, 6) is -1.40. The highest BCUT2D eigenvalue weighted by Crippen LogP contribution is 2.23. The van der Waals surface area contributed by atoms with Gasteiger partial charge in [0.05, 0.1) is 12.8 Å². The Labute approximate surface area is 140 Å². The van der Waals surface area contributed by atoms with Crippen LogP contribution < -0.4 is 15.0 Å². The minimum absolute atomic E-state index is 0.363. The quantitative estimate of drug-likeness (QED) is 0.638. The number of ether oxygens (including phenoxy) is 1. The number of carbonyl (C=O) groups is 3. The second-order valence-corrected chi connectivity index (χ2v) is 5.67. The molecular formula is C17H21N3O4. The van der Waals surface area contributed by atoms with Gasteiger partial charge in [0, 0.05) is 12.8 Å². The molecule has 128 valence electrons. The number of aliphatic imine (C=N–C) groups is 1. The summed E-state index contributed by atoms with van der Waals surface area (Å²) in [5.41, 5.74) is 0.367. The largest absolute Gasteiger partial charge is 0.497 e. The Hall–Kier alpha value is -2.70. The van der Waals surface area contributed by atoms with Crippen LogP contribution in [0.4, 0.5) is 10.5 Å². The van der Waals surface area contributed by atoms with E-state index in [1.807, 2.05) is 13.8 Å². The van der Waals surface area contributed by atoms with Crippen molar-refractivity contribution in [2.75, 3.05) is 18.6 Å². The Morgan fingerprint density at radius 3 is 2.54 bits per heavy atom. The molecule has 2 atom stereocenters. The molecule has 2 rings (SSSR count). The van der Waals surface area contributed by atoms with Crippen molar-refractivity contribution >= 4 is 29.7 Å². The molecule has 0 spiro atoms. The summed E-state index contributed by atoms with van der Waals surface area (Å²) in [4.78, 5) is 41.7. The first-order valence-electron chi connectivity index (χ1n) is 7.80. The zero-order chi connectivity index (χ0) is 17.7. The second kappa shape index (κ2) is 7.72. The standard InChI is InChI=1S/C17H21N3O4/c1-4-11(2)9-18-10-14-15(21)19-17(23)20(16(14)22)12-5-7-13(24-3)8-6-12/h5-8,10-11,14H,4,9H2,1-3H3,(H,19,21,23)/t11-,14?/m0/s1. The van der Waals surface area contributed by atoms with Crippen molar-refractivity contribution in [3.05, 3.63) is 24.3 Å². The first-order chi connectivity index (χ1) is 11.5. The maximum absolute atomic E-state index is 12.6. The molecule has 0 aromatic heterocycles. The molecule has 1 aliphatic heterocycles. The van der Waals surface area contributed by atoms with Crippen LogP contribution in [0.5, 0.6) is 5.75 Å². The van der Waals surface area contributed by atoms with Gasteiger partial charge in [-0.3, -0.25) is 19.9 Å². The minimum Gasteiger partial charge on any atom is -0.497 e. The average molecular weight is 331 g/mol. The van der Waals surface area contributed by atoms with Crippen LogP contribution in [0.15, 0.2) is 29.3 Å². The van der Waals surface area contributed by atoms with Gasteiger partial charge in [-0.25, -0.2) is 9.69 Å². The Morgan fingerprint density at radius 2 is 1.96 bits per heavy atom. The number of barbiturate groups is 1. The molecule has 0 saturated carbocycles. The van der Waals surface area contributed by atoms with E-state index in [-0.39, 0.29) is 0 Å². The highest BCUT2D eigenvalue weighted by atomic mass is 16.5. The lowest BCUT2D eigenvalue weighted by Crippen LogP contribution is -2.58. The van der Waals surface area contributed by atoms with E-state index in [9.17, 15) is 14.4 Å². The van der Waals surface area contributed by atoms with Crippen LogP contribution >= 0.6 is 0 Å². The summed E-state index contributed by atoms with van der Waals surface area (Å²) >= 11 is 0. The predicted molar refractivity (Wildman–Crippen MR) is 90.3 cm³/mol. The van der Waals surface area contributed by atoms with E-state index in [1.54, 1.807) is 24.3 Å². The fourth-order valence-electron chi connectivity index (χ4n) is 2.17. The van der Waals surface area contributed by atoms with E-state index in [0.717, 1.165) is 11.3 Å². The van der Waals surface area contributed by atoms with Gasteiger partial charge in [-0.15, -0.1) is 0 Å². The van der Waals surface area contributed by atoms with E-state index in [0.29, 0.717) is 23.9 Å². The number of benzene rings is 1. The molecule has 1 unspecified atom stereocenters.